The SMILES string of the molecule is CCC(C)c1ccc2c(c1)C(OC)C1C(=O)OC(=O)C1C2. The van der Waals surface area contributed by atoms with Crippen LogP contribution in [0.2, 0.25) is 0 Å². The Bertz CT molecular complexity index is 592. The van der Waals surface area contributed by atoms with E-state index < -0.39 is 23.8 Å². The van der Waals surface area contributed by atoms with Crippen LogP contribution < -0.4 is 0 Å². The molecular formula is C17H20O4. The van der Waals surface area contributed by atoms with Crippen LogP contribution in [0.1, 0.15) is 49.0 Å². The van der Waals surface area contributed by atoms with Gasteiger partial charge in [0.2, 0.25) is 0 Å². The first kappa shape index (κ1) is 14.3. The molecule has 0 N–H and O–H groups in total. The molecule has 4 unspecified atom stereocenters. The van der Waals surface area contributed by atoms with E-state index in [1.54, 1.807) is 7.11 Å². The van der Waals surface area contributed by atoms with E-state index in [0.29, 0.717) is 12.3 Å². The van der Waals surface area contributed by atoms with Crippen LogP contribution >= 0.6 is 0 Å². The van der Waals surface area contributed by atoms with E-state index in [4.69, 9.17) is 9.47 Å². The minimum atomic E-state index is -0.498. The van der Waals surface area contributed by atoms with Crippen molar-refractivity contribution < 1.29 is 19.1 Å². The summed E-state index contributed by atoms with van der Waals surface area (Å²) < 4.78 is 10.4. The lowest BCUT2D eigenvalue weighted by Crippen LogP contribution is -2.33. The van der Waals surface area contributed by atoms with Gasteiger partial charge in [-0.1, -0.05) is 32.0 Å². The number of fused-ring (bicyclic) bond motifs is 2. The minimum Gasteiger partial charge on any atom is -0.393 e. The minimum absolute atomic E-state index is 0.387. The molecule has 1 aliphatic carbocycles. The highest BCUT2D eigenvalue weighted by molar-refractivity contribution is 5.97. The number of benzene rings is 1. The van der Waals surface area contributed by atoms with Gasteiger partial charge in [-0.05, 0) is 35.4 Å². The topological polar surface area (TPSA) is 52.6 Å². The van der Waals surface area contributed by atoms with Crippen LogP contribution in [0.15, 0.2) is 18.2 Å². The summed E-state index contributed by atoms with van der Waals surface area (Å²) >= 11 is 0. The van der Waals surface area contributed by atoms with Crippen molar-refractivity contribution in [1.29, 1.82) is 0 Å². The molecular weight excluding hydrogens is 268 g/mol. The molecule has 1 aliphatic heterocycles. The maximum atomic E-state index is 11.9. The van der Waals surface area contributed by atoms with Gasteiger partial charge in [-0.3, -0.25) is 9.59 Å². The summed E-state index contributed by atoms with van der Waals surface area (Å²) in [6.07, 6.45) is 1.23. The predicted octanol–water partition coefficient (Wildman–Crippen LogP) is 2.76. The molecule has 3 rings (SSSR count). The first-order valence-electron chi connectivity index (χ1n) is 7.47. The zero-order chi connectivity index (χ0) is 15.1. The van der Waals surface area contributed by atoms with Gasteiger partial charge in [-0.2, -0.15) is 0 Å². The molecule has 4 nitrogen and oxygen atoms in total. The number of hydrogen-bond donors (Lipinski definition) is 0. The smallest absolute Gasteiger partial charge is 0.320 e. The first-order chi connectivity index (χ1) is 10.1. The average molecular weight is 288 g/mol. The Morgan fingerprint density at radius 2 is 2.10 bits per heavy atom. The lowest BCUT2D eigenvalue weighted by Gasteiger charge is -2.31. The molecule has 1 heterocycles. The van der Waals surface area contributed by atoms with Gasteiger partial charge in [-0.25, -0.2) is 0 Å². The van der Waals surface area contributed by atoms with E-state index in [1.807, 2.05) is 0 Å². The highest BCUT2D eigenvalue weighted by atomic mass is 16.6. The lowest BCUT2D eigenvalue weighted by atomic mass is 9.74. The second-order valence-corrected chi connectivity index (χ2v) is 6.00. The summed E-state index contributed by atoms with van der Waals surface area (Å²) in [5, 5.41) is 0. The Morgan fingerprint density at radius 3 is 2.76 bits per heavy atom. The Kier molecular flexibility index (Phi) is 3.57. The third-order valence-electron chi connectivity index (χ3n) is 4.89. The molecule has 4 atom stereocenters. The van der Waals surface area contributed by atoms with Crippen molar-refractivity contribution in [3.8, 4) is 0 Å². The molecule has 2 aliphatic rings. The summed E-state index contributed by atoms with van der Waals surface area (Å²) in [4.78, 5) is 23.8. The summed E-state index contributed by atoms with van der Waals surface area (Å²) in [5.41, 5.74) is 3.36. The summed E-state index contributed by atoms with van der Waals surface area (Å²) in [7, 11) is 1.59. The van der Waals surface area contributed by atoms with E-state index in [0.717, 1.165) is 17.5 Å². The van der Waals surface area contributed by atoms with Crippen molar-refractivity contribution in [3.63, 3.8) is 0 Å². The monoisotopic (exact) mass is 288 g/mol. The van der Waals surface area contributed by atoms with Crippen LogP contribution in [-0.4, -0.2) is 19.0 Å². The van der Waals surface area contributed by atoms with Crippen LogP contribution in [0.3, 0.4) is 0 Å². The zero-order valence-electron chi connectivity index (χ0n) is 12.6. The third kappa shape index (κ3) is 2.18. The number of rotatable bonds is 3. The Morgan fingerprint density at radius 1 is 1.33 bits per heavy atom. The van der Waals surface area contributed by atoms with Gasteiger partial charge in [0.25, 0.3) is 0 Å². The maximum Gasteiger partial charge on any atom is 0.320 e. The normalized spacial score (nSPS) is 28.8. The summed E-state index contributed by atoms with van der Waals surface area (Å²) in [6, 6.07) is 6.31. The van der Waals surface area contributed by atoms with Gasteiger partial charge < -0.3 is 9.47 Å². The first-order valence-corrected chi connectivity index (χ1v) is 7.47. The van der Waals surface area contributed by atoms with E-state index >= 15 is 0 Å². The molecule has 4 heteroatoms. The molecule has 0 radical (unpaired) electrons. The molecule has 0 spiro atoms. The Hall–Kier alpha value is -1.68. The lowest BCUT2D eigenvalue weighted by molar-refractivity contribution is -0.154. The van der Waals surface area contributed by atoms with Crippen LogP contribution in [0.5, 0.6) is 0 Å². The average Bonchev–Trinajstić information content (AvgIpc) is 2.78. The second-order valence-electron chi connectivity index (χ2n) is 6.00. The molecule has 0 saturated carbocycles. The molecule has 0 amide bonds. The number of esters is 2. The molecule has 0 aromatic heterocycles. The molecule has 1 aromatic carbocycles. The van der Waals surface area contributed by atoms with Crippen molar-refractivity contribution in [3.05, 3.63) is 34.9 Å². The fourth-order valence-corrected chi connectivity index (χ4v) is 3.41. The number of carbonyl (C=O) groups excluding carboxylic acids is 2. The second kappa shape index (κ2) is 5.26. The van der Waals surface area contributed by atoms with Crippen LogP contribution in [-0.2, 0) is 25.5 Å². The molecule has 0 bridgehead atoms. The van der Waals surface area contributed by atoms with Crippen molar-refractivity contribution >= 4 is 11.9 Å². The number of carbonyl (C=O) groups is 2. The number of methoxy groups -OCH3 is 1. The zero-order valence-corrected chi connectivity index (χ0v) is 12.6. The van der Waals surface area contributed by atoms with Gasteiger partial charge in [0.1, 0.15) is 5.92 Å². The standard InChI is InChI=1S/C17H20O4/c1-4-9(2)10-5-6-11-8-13-14(17(19)21-16(13)18)15(20-3)12(11)7-10/h5-7,9,13-15H,4,8H2,1-3H3. The van der Waals surface area contributed by atoms with E-state index in [-0.39, 0.29) is 6.10 Å². The van der Waals surface area contributed by atoms with Crippen LogP contribution in [0, 0.1) is 11.8 Å². The fourth-order valence-electron chi connectivity index (χ4n) is 3.41. The fraction of sp³-hybridized carbons (Fsp3) is 0.529. The Balaban J connectivity index is 2.05. The quantitative estimate of drug-likeness (QED) is 0.634. The van der Waals surface area contributed by atoms with E-state index in [2.05, 4.69) is 32.0 Å². The number of ether oxygens (including phenoxy) is 2. The highest BCUT2D eigenvalue weighted by Crippen LogP contribution is 2.45. The predicted molar refractivity (Wildman–Crippen MR) is 76.7 cm³/mol. The molecule has 1 fully saturated rings. The van der Waals surface area contributed by atoms with Gasteiger partial charge >= 0.3 is 11.9 Å². The maximum absolute atomic E-state index is 11.9. The van der Waals surface area contributed by atoms with Crippen molar-refractivity contribution in [2.24, 2.45) is 11.8 Å². The largest absolute Gasteiger partial charge is 0.393 e. The third-order valence-corrected chi connectivity index (χ3v) is 4.89. The van der Waals surface area contributed by atoms with E-state index in [9.17, 15) is 9.59 Å². The Labute approximate surface area is 124 Å². The van der Waals surface area contributed by atoms with Gasteiger partial charge in [-0.15, -0.1) is 0 Å². The molecule has 1 saturated heterocycles. The van der Waals surface area contributed by atoms with Gasteiger partial charge in [0.05, 0.1) is 12.0 Å². The van der Waals surface area contributed by atoms with Crippen molar-refractivity contribution in [1.82, 2.24) is 0 Å². The summed E-state index contributed by atoms with van der Waals surface area (Å²) in [5.74, 6) is -1.30. The highest BCUT2D eigenvalue weighted by Gasteiger charge is 2.52. The van der Waals surface area contributed by atoms with E-state index in [1.165, 1.54) is 5.56 Å². The van der Waals surface area contributed by atoms with Gasteiger partial charge in [0, 0.05) is 7.11 Å². The van der Waals surface area contributed by atoms with Crippen LogP contribution in [0.25, 0.3) is 0 Å². The number of hydrogen-bond acceptors (Lipinski definition) is 4. The summed E-state index contributed by atoms with van der Waals surface area (Å²) in [6.45, 7) is 4.34. The van der Waals surface area contributed by atoms with Crippen molar-refractivity contribution in [2.75, 3.05) is 7.11 Å². The number of cyclic esters (lactones) is 2. The van der Waals surface area contributed by atoms with Crippen LogP contribution in [0.4, 0.5) is 0 Å². The molecule has 112 valence electrons. The van der Waals surface area contributed by atoms with Gasteiger partial charge in [0.15, 0.2) is 0 Å². The van der Waals surface area contributed by atoms with Crippen molar-refractivity contribution in [2.45, 2.75) is 38.7 Å². The molecule has 21 heavy (non-hydrogen) atoms. The molecule has 1 aromatic rings.